The minimum absolute atomic E-state index is 0.460. The van der Waals surface area contributed by atoms with Gasteiger partial charge in [0.05, 0.1) is 0 Å². The standard InChI is InChI=1S/C16H16O2/c1-3-12-9-10-16(18-17)15(11-12)14-8-6-5-7-13(14)4-2/h4-11,17H,2-3H2,1H3. The molecule has 2 aromatic rings. The highest BCUT2D eigenvalue weighted by Gasteiger charge is 2.10. The lowest BCUT2D eigenvalue weighted by molar-refractivity contribution is -0.137. The van der Waals surface area contributed by atoms with Crippen LogP contribution in [0, 0.1) is 0 Å². The molecule has 2 heteroatoms. The lowest BCUT2D eigenvalue weighted by Gasteiger charge is -2.11. The van der Waals surface area contributed by atoms with E-state index in [1.165, 1.54) is 5.56 Å². The van der Waals surface area contributed by atoms with Crippen LogP contribution in [0.4, 0.5) is 0 Å². The van der Waals surface area contributed by atoms with Crippen molar-refractivity contribution in [3.8, 4) is 16.9 Å². The van der Waals surface area contributed by atoms with E-state index in [9.17, 15) is 0 Å². The van der Waals surface area contributed by atoms with E-state index in [4.69, 9.17) is 5.26 Å². The first kappa shape index (κ1) is 12.4. The van der Waals surface area contributed by atoms with Crippen molar-refractivity contribution in [3.63, 3.8) is 0 Å². The number of benzene rings is 2. The fourth-order valence-corrected chi connectivity index (χ4v) is 2.01. The van der Waals surface area contributed by atoms with Crippen molar-refractivity contribution in [2.75, 3.05) is 0 Å². The molecule has 0 saturated carbocycles. The molecule has 0 aliphatic heterocycles. The van der Waals surface area contributed by atoms with Gasteiger partial charge in [0, 0.05) is 5.56 Å². The van der Waals surface area contributed by atoms with Crippen LogP contribution in [0.1, 0.15) is 18.1 Å². The zero-order chi connectivity index (χ0) is 13.0. The summed E-state index contributed by atoms with van der Waals surface area (Å²) in [5.41, 5.74) is 4.10. The van der Waals surface area contributed by atoms with Crippen molar-refractivity contribution in [2.45, 2.75) is 13.3 Å². The summed E-state index contributed by atoms with van der Waals surface area (Å²) in [6, 6.07) is 13.7. The Morgan fingerprint density at radius 3 is 2.61 bits per heavy atom. The average Bonchev–Trinajstić information content (AvgIpc) is 2.46. The minimum Gasteiger partial charge on any atom is -0.340 e. The van der Waals surface area contributed by atoms with E-state index < -0.39 is 0 Å². The molecule has 92 valence electrons. The maximum Gasteiger partial charge on any atom is 0.172 e. The van der Waals surface area contributed by atoms with Gasteiger partial charge in [-0.2, -0.15) is 0 Å². The van der Waals surface area contributed by atoms with Crippen LogP contribution in [0.25, 0.3) is 17.2 Å². The van der Waals surface area contributed by atoms with E-state index in [-0.39, 0.29) is 0 Å². The van der Waals surface area contributed by atoms with Gasteiger partial charge in [0.15, 0.2) is 5.75 Å². The summed E-state index contributed by atoms with van der Waals surface area (Å²) in [5, 5.41) is 8.98. The van der Waals surface area contributed by atoms with Crippen LogP contribution in [0.3, 0.4) is 0 Å². The Hall–Kier alpha value is -2.06. The fraction of sp³-hybridized carbons (Fsp3) is 0.125. The Morgan fingerprint density at radius 2 is 1.94 bits per heavy atom. The van der Waals surface area contributed by atoms with Gasteiger partial charge in [-0.3, -0.25) is 0 Å². The Kier molecular flexibility index (Phi) is 3.80. The lowest BCUT2D eigenvalue weighted by atomic mass is 9.96. The molecule has 0 unspecified atom stereocenters. The van der Waals surface area contributed by atoms with Gasteiger partial charge in [-0.15, -0.1) is 0 Å². The molecule has 0 saturated heterocycles. The van der Waals surface area contributed by atoms with Gasteiger partial charge < -0.3 is 4.89 Å². The first-order chi connectivity index (χ1) is 8.80. The van der Waals surface area contributed by atoms with Crippen LogP contribution in [0.15, 0.2) is 49.0 Å². The van der Waals surface area contributed by atoms with Gasteiger partial charge >= 0.3 is 0 Å². The zero-order valence-corrected chi connectivity index (χ0v) is 10.4. The zero-order valence-electron chi connectivity index (χ0n) is 10.4. The molecule has 0 radical (unpaired) electrons. The molecule has 0 fully saturated rings. The van der Waals surface area contributed by atoms with Gasteiger partial charge in [0.25, 0.3) is 0 Å². The van der Waals surface area contributed by atoms with Crippen LogP contribution >= 0.6 is 0 Å². The highest BCUT2D eigenvalue weighted by Crippen LogP contribution is 2.33. The Balaban J connectivity index is 2.64. The van der Waals surface area contributed by atoms with Crippen molar-refractivity contribution in [1.29, 1.82) is 0 Å². The molecule has 0 aliphatic carbocycles. The second kappa shape index (κ2) is 5.52. The Labute approximate surface area is 107 Å². The maximum absolute atomic E-state index is 8.98. The van der Waals surface area contributed by atoms with Crippen molar-refractivity contribution in [1.82, 2.24) is 0 Å². The molecule has 2 nitrogen and oxygen atoms in total. The molecule has 18 heavy (non-hydrogen) atoms. The smallest absolute Gasteiger partial charge is 0.172 e. The molecule has 0 bridgehead atoms. The molecule has 2 rings (SSSR count). The molecule has 0 aromatic heterocycles. The summed E-state index contributed by atoms with van der Waals surface area (Å²) < 4.78 is 0. The quantitative estimate of drug-likeness (QED) is 0.633. The third-order valence-electron chi connectivity index (χ3n) is 3.02. The minimum atomic E-state index is 0.460. The molecule has 0 heterocycles. The van der Waals surface area contributed by atoms with E-state index in [2.05, 4.69) is 18.4 Å². The fourth-order valence-electron chi connectivity index (χ4n) is 2.01. The number of hydrogen-bond donors (Lipinski definition) is 1. The van der Waals surface area contributed by atoms with Crippen LogP contribution in [-0.4, -0.2) is 5.26 Å². The summed E-state index contributed by atoms with van der Waals surface area (Å²) in [6.45, 7) is 5.91. The summed E-state index contributed by atoms with van der Waals surface area (Å²) >= 11 is 0. The molecule has 0 amide bonds. The van der Waals surface area contributed by atoms with Crippen molar-refractivity contribution in [2.24, 2.45) is 0 Å². The van der Waals surface area contributed by atoms with E-state index in [1.54, 1.807) is 12.1 Å². The molecular formula is C16H16O2. The van der Waals surface area contributed by atoms with Gasteiger partial charge in [-0.05, 0) is 35.2 Å². The summed E-state index contributed by atoms with van der Waals surface area (Å²) in [6.07, 6.45) is 2.74. The van der Waals surface area contributed by atoms with Crippen LogP contribution in [0.5, 0.6) is 5.75 Å². The van der Waals surface area contributed by atoms with E-state index >= 15 is 0 Å². The Morgan fingerprint density at radius 1 is 1.17 bits per heavy atom. The van der Waals surface area contributed by atoms with Gasteiger partial charge in [-0.25, -0.2) is 5.26 Å². The molecule has 0 spiro atoms. The molecular weight excluding hydrogens is 224 g/mol. The molecule has 2 aromatic carbocycles. The predicted molar refractivity (Wildman–Crippen MR) is 74.6 cm³/mol. The molecule has 1 N–H and O–H groups in total. The first-order valence-corrected chi connectivity index (χ1v) is 5.96. The Bertz CT molecular complexity index is 559. The van der Waals surface area contributed by atoms with Gasteiger partial charge in [0.1, 0.15) is 0 Å². The maximum atomic E-state index is 8.98. The number of hydrogen-bond acceptors (Lipinski definition) is 2. The van der Waals surface area contributed by atoms with Crippen molar-refractivity contribution < 1.29 is 10.1 Å². The monoisotopic (exact) mass is 240 g/mol. The van der Waals surface area contributed by atoms with E-state index in [0.717, 1.165) is 23.1 Å². The molecule has 0 aliphatic rings. The van der Waals surface area contributed by atoms with E-state index in [1.807, 2.05) is 36.4 Å². The second-order valence-electron chi connectivity index (χ2n) is 4.07. The number of aryl methyl sites for hydroxylation is 1. The van der Waals surface area contributed by atoms with Crippen LogP contribution in [0.2, 0.25) is 0 Å². The van der Waals surface area contributed by atoms with Crippen LogP contribution in [-0.2, 0) is 6.42 Å². The third-order valence-corrected chi connectivity index (χ3v) is 3.02. The summed E-state index contributed by atoms with van der Waals surface area (Å²) in [7, 11) is 0. The summed E-state index contributed by atoms with van der Waals surface area (Å²) in [5.74, 6) is 0.460. The van der Waals surface area contributed by atoms with Gasteiger partial charge in [0.2, 0.25) is 0 Å². The average molecular weight is 240 g/mol. The second-order valence-corrected chi connectivity index (χ2v) is 4.07. The highest BCUT2D eigenvalue weighted by atomic mass is 17.1. The van der Waals surface area contributed by atoms with Crippen molar-refractivity contribution >= 4 is 6.08 Å². The largest absolute Gasteiger partial charge is 0.340 e. The SMILES string of the molecule is C=Cc1ccccc1-c1cc(CC)ccc1OO. The topological polar surface area (TPSA) is 29.5 Å². The van der Waals surface area contributed by atoms with Gasteiger partial charge in [-0.1, -0.05) is 49.9 Å². The summed E-state index contributed by atoms with van der Waals surface area (Å²) in [4.78, 5) is 4.46. The number of rotatable bonds is 4. The first-order valence-electron chi connectivity index (χ1n) is 5.96. The molecule has 0 atom stereocenters. The third kappa shape index (κ3) is 2.29. The van der Waals surface area contributed by atoms with E-state index in [0.29, 0.717) is 5.75 Å². The highest BCUT2D eigenvalue weighted by molar-refractivity contribution is 5.79. The lowest BCUT2D eigenvalue weighted by Crippen LogP contribution is -1.92. The van der Waals surface area contributed by atoms with Crippen LogP contribution < -0.4 is 4.89 Å². The predicted octanol–water partition coefficient (Wildman–Crippen LogP) is 4.41. The normalized spacial score (nSPS) is 10.1. The van der Waals surface area contributed by atoms with Crippen molar-refractivity contribution in [3.05, 3.63) is 60.2 Å².